The summed E-state index contributed by atoms with van der Waals surface area (Å²) in [5.41, 5.74) is 0.817. The summed E-state index contributed by atoms with van der Waals surface area (Å²) in [6.45, 7) is 4.43. The predicted octanol–water partition coefficient (Wildman–Crippen LogP) is 1.71. The van der Waals surface area contributed by atoms with E-state index < -0.39 is 11.6 Å². The first kappa shape index (κ1) is 13.3. The van der Waals surface area contributed by atoms with Crippen molar-refractivity contribution in [3.8, 4) is 0 Å². The first-order valence-corrected chi connectivity index (χ1v) is 6.65. The molecule has 0 bridgehead atoms. The molecule has 0 unspecified atom stereocenters. The second-order valence-corrected chi connectivity index (χ2v) is 6.36. The molecule has 0 amide bonds. The number of hydrogen-bond acceptors (Lipinski definition) is 3. The molecule has 0 aromatic carbocycles. The topological polar surface area (TPSA) is 60.4 Å². The lowest BCUT2D eigenvalue weighted by atomic mass is 9.69. The lowest BCUT2D eigenvalue weighted by molar-refractivity contribution is -0.299. The van der Waals surface area contributed by atoms with Crippen LogP contribution in [0.5, 0.6) is 0 Å². The maximum absolute atomic E-state index is 10.8. The number of rotatable bonds is 2. The molecular weight excluding hydrogens is 228 g/mol. The van der Waals surface area contributed by atoms with E-state index in [2.05, 4.69) is 19.9 Å². The van der Waals surface area contributed by atoms with E-state index in [0.717, 1.165) is 24.8 Å². The number of allylic oxidation sites excluding steroid dienone is 1. The molecule has 2 aliphatic carbocycles. The third-order valence-electron chi connectivity index (χ3n) is 4.23. The average molecular weight is 249 g/mol. The highest BCUT2D eigenvalue weighted by Crippen LogP contribution is 2.43. The summed E-state index contributed by atoms with van der Waals surface area (Å²) in [5, 5.41) is 21.5. The largest absolute Gasteiger partial charge is 0.545 e. The van der Waals surface area contributed by atoms with E-state index >= 15 is 0 Å². The zero-order chi connectivity index (χ0) is 13.4. The molecular formula is C15H21O3-. The zero-order valence-corrected chi connectivity index (χ0v) is 11.2. The SMILES string of the molecule is CC1(C)CCC=C([C@]2(O)CC=C(C(=O)[O-])CC2)C1. The zero-order valence-electron chi connectivity index (χ0n) is 11.2. The quantitative estimate of drug-likeness (QED) is 0.758. The van der Waals surface area contributed by atoms with Gasteiger partial charge in [-0.05, 0) is 55.1 Å². The Hall–Kier alpha value is -1.09. The van der Waals surface area contributed by atoms with Crippen molar-refractivity contribution in [2.45, 2.75) is 58.0 Å². The van der Waals surface area contributed by atoms with Crippen LogP contribution in [0, 0.1) is 5.41 Å². The summed E-state index contributed by atoms with van der Waals surface area (Å²) in [6, 6.07) is 0. The maximum atomic E-state index is 10.8. The van der Waals surface area contributed by atoms with Crippen LogP contribution in [0.25, 0.3) is 0 Å². The van der Waals surface area contributed by atoms with Crippen LogP contribution < -0.4 is 5.11 Å². The average Bonchev–Trinajstić information content (AvgIpc) is 2.28. The van der Waals surface area contributed by atoms with Crippen molar-refractivity contribution in [1.82, 2.24) is 0 Å². The molecule has 2 aliphatic rings. The Bertz CT molecular complexity index is 417. The molecule has 0 fully saturated rings. The first-order chi connectivity index (χ1) is 8.32. The number of hydrogen-bond donors (Lipinski definition) is 1. The van der Waals surface area contributed by atoms with Crippen molar-refractivity contribution < 1.29 is 15.0 Å². The molecule has 0 aromatic rings. The van der Waals surface area contributed by atoms with Gasteiger partial charge in [0.25, 0.3) is 0 Å². The fraction of sp³-hybridized carbons (Fsp3) is 0.667. The minimum atomic E-state index is -1.10. The third kappa shape index (κ3) is 2.66. The Morgan fingerprint density at radius 3 is 2.56 bits per heavy atom. The molecule has 1 N–H and O–H groups in total. The van der Waals surface area contributed by atoms with Gasteiger partial charge in [0.05, 0.1) is 11.6 Å². The van der Waals surface area contributed by atoms with Crippen molar-refractivity contribution >= 4 is 5.97 Å². The van der Waals surface area contributed by atoms with Gasteiger partial charge in [-0.1, -0.05) is 26.0 Å². The van der Waals surface area contributed by atoms with Crippen molar-refractivity contribution in [3.63, 3.8) is 0 Å². The lowest BCUT2D eigenvalue weighted by Crippen LogP contribution is -2.38. The monoisotopic (exact) mass is 249 g/mol. The molecule has 3 nitrogen and oxygen atoms in total. The van der Waals surface area contributed by atoms with Crippen LogP contribution in [0.1, 0.15) is 52.4 Å². The molecule has 0 aliphatic heterocycles. The molecule has 3 heteroatoms. The van der Waals surface area contributed by atoms with Crippen molar-refractivity contribution in [1.29, 1.82) is 0 Å². The normalized spacial score (nSPS) is 31.5. The molecule has 0 radical (unpaired) electrons. The Morgan fingerprint density at radius 2 is 2.06 bits per heavy atom. The summed E-state index contributed by atoms with van der Waals surface area (Å²) in [7, 11) is 0. The molecule has 0 aromatic heterocycles. The minimum Gasteiger partial charge on any atom is -0.545 e. The summed E-state index contributed by atoms with van der Waals surface area (Å²) < 4.78 is 0. The predicted molar refractivity (Wildman–Crippen MR) is 67.6 cm³/mol. The van der Waals surface area contributed by atoms with Gasteiger partial charge in [-0.25, -0.2) is 0 Å². The number of aliphatic hydroxyl groups is 1. The second kappa shape index (κ2) is 4.54. The van der Waals surface area contributed by atoms with Crippen molar-refractivity contribution in [2.24, 2.45) is 5.41 Å². The van der Waals surface area contributed by atoms with E-state index in [9.17, 15) is 15.0 Å². The van der Waals surface area contributed by atoms with E-state index in [1.54, 1.807) is 6.08 Å². The Kier molecular flexibility index (Phi) is 3.37. The summed E-state index contributed by atoms with van der Waals surface area (Å²) in [5.74, 6) is -1.10. The number of carbonyl (C=O) groups excluding carboxylic acids is 1. The van der Waals surface area contributed by atoms with Gasteiger partial charge in [-0.3, -0.25) is 0 Å². The Morgan fingerprint density at radius 1 is 1.33 bits per heavy atom. The number of carboxylic acids is 1. The molecule has 1 atom stereocenters. The van der Waals surface area contributed by atoms with Crippen LogP contribution in [0.15, 0.2) is 23.3 Å². The molecule has 0 spiro atoms. The second-order valence-electron chi connectivity index (χ2n) is 6.36. The van der Waals surface area contributed by atoms with Gasteiger partial charge in [-0.15, -0.1) is 0 Å². The summed E-state index contributed by atoms with van der Waals surface area (Å²) in [6.07, 6.45) is 8.11. The molecule has 18 heavy (non-hydrogen) atoms. The fourth-order valence-corrected chi connectivity index (χ4v) is 2.98. The molecule has 100 valence electrons. The third-order valence-corrected chi connectivity index (χ3v) is 4.23. The van der Waals surface area contributed by atoms with Gasteiger partial charge in [0.1, 0.15) is 0 Å². The fourth-order valence-electron chi connectivity index (χ4n) is 2.98. The summed E-state index contributed by atoms with van der Waals surface area (Å²) in [4.78, 5) is 10.8. The van der Waals surface area contributed by atoms with Crippen LogP contribution in [0.2, 0.25) is 0 Å². The first-order valence-electron chi connectivity index (χ1n) is 6.65. The highest BCUT2D eigenvalue weighted by atomic mass is 16.4. The van der Waals surface area contributed by atoms with E-state index in [-0.39, 0.29) is 5.41 Å². The number of carbonyl (C=O) groups is 1. The number of aliphatic carboxylic acids is 1. The Labute approximate surface area is 108 Å². The van der Waals surface area contributed by atoms with Gasteiger partial charge < -0.3 is 15.0 Å². The molecule has 0 saturated carbocycles. The molecule has 0 heterocycles. The van der Waals surface area contributed by atoms with Gasteiger partial charge >= 0.3 is 0 Å². The smallest absolute Gasteiger partial charge is 0.0894 e. The van der Waals surface area contributed by atoms with Gasteiger partial charge in [0.15, 0.2) is 0 Å². The Balaban J connectivity index is 2.15. The van der Waals surface area contributed by atoms with Crippen LogP contribution in [-0.4, -0.2) is 16.7 Å². The van der Waals surface area contributed by atoms with Crippen LogP contribution in [0.3, 0.4) is 0 Å². The van der Waals surface area contributed by atoms with E-state index in [1.807, 2.05) is 0 Å². The van der Waals surface area contributed by atoms with Crippen LogP contribution in [-0.2, 0) is 4.79 Å². The highest BCUT2D eigenvalue weighted by Gasteiger charge is 2.37. The minimum absolute atomic E-state index is 0.234. The van der Waals surface area contributed by atoms with Gasteiger partial charge in [-0.2, -0.15) is 0 Å². The molecule has 2 rings (SSSR count). The molecule has 0 saturated heterocycles. The van der Waals surface area contributed by atoms with Gasteiger partial charge in [0, 0.05) is 0 Å². The van der Waals surface area contributed by atoms with Crippen LogP contribution in [0.4, 0.5) is 0 Å². The van der Waals surface area contributed by atoms with Crippen molar-refractivity contribution in [2.75, 3.05) is 0 Å². The number of carboxylic acid groups (broad SMARTS) is 1. The van der Waals surface area contributed by atoms with Gasteiger partial charge in [0.2, 0.25) is 0 Å². The standard InChI is InChI=1S/C15H22O3/c1-14(2)7-3-4-12(10-14)15(18)8-5-11(6-9-15)13(16)17/h4-5,18H,3,6-10H2,1-2H3,(H,16,17)/p-1/t15-/m0/s1. The highest BCUT2D eigenvalue weighted by molar-refractivity contribution is 5.84. The van der Waals surface area contributed by atoms with Crippen molar-refractivity contribution in [3.05, 3.63) is 23.3 Å². The van der Waals surface area contributed by atoms with E-state index in [1.165, 1.54) is 0 Å². The van der Waals surface area contributed by atoms with E-state index in [0.29, 0.717) is 24.8 Å². The maximum Gasteiger partial charge on any atom is 0.0894 e. The lowest BCUT2D eigenvalue weighted by Gasteiger charge is -2.40. The van der Waals surface area contributed by atoms with Crippen LogP contribution >= 0.6 is 0 Å². The summed E-state index contributed by atoms with van der Waals surface area (Å²) >= 11 is 0. The van der Waals surface area contributed by atoms with E-state index in [4.69, 9.17) is 0 Å².